The van der Waals surface area contributed by atoms with E-state index in [1.807, 2.05) is 6.92 Å². The number of aryl methyl sites for hydroxylation is 2. The number of anilines is 1. The Morgan fingerprint density at radius 2 is 2.26 bits per heavy atom. The molecule has 0 saturated carbocycles. The van der Waals surface area contributed by atoms with Gasteiger partial charge in [-0.3, -0.25) is 4.79 Å². The Labute approximate surface area is 111 Å². The molecule has 19 heavy (non-hydrogen) atoms. The van der Waals surface area contributed by atoms with E-state index in [1.54, 1.807) is 19.9 Å². The molecule has 1 amide bonds. The van der Waals surface area contributed by atoms with Crippen molar-refractivity contribution in [2.24, 2.45) is 0 Å². The van der Waals surface area contributed by atoms with Gasteiger partial charge in [-0.1, -0.05) is 6.92 Å². The number of carbonyl (C=O) groups excluding carboxylic acids is 1. The fourth-order valence-electron chi connectivity index (χ4n) is 1.64. The van der Waals surface area contributed by atoms with Gasteiger partial charge in [-0.2, -0.15) is 5.10 Å². The van der Waals surface area contributed by atoms with Crippen LogP contribution >= 0.6 is 0 Å². The van der Waals surface area contributed by atoms with Crippen LogP contribution in [0.2, 0.25) is 0 Å². The van der Waals surface area contributed by atoms with Gasteiger partial charge < -0.3 is 5.32 Å². The minimum atomic E-state index is -0.442. The summed E-state index contributed by atoms with van der Waals surface area (Å²) in [5, 5.41) is 6.71. The standard InChI is InChI=1S/C12H16N6O/c1-4-10-5-11(16-9(3)15-10)17-12(19)8(2)18-7-13-6-14-18/h5-8H,4H2,1-3H3,(H,15,16,17,19). The van der Waals surface area contributed by atoms with Crippen molar-refractivity contribution in [1.29, 1.82) is 0 Å². The summed E-state index contributed by atoms with van der Waals surface area (Å²) in [6.07, 6.45) is 3.70. The van der Waals surface area contributed by atoms with E-state index in [0.717, 1.165) is 12.1 Å². The molecule has 2 heterocycles. The number of hydrogen-bond acceptors (Lipinski definition) is 5. The second-order valence-corrected chi connectivity index (χ2v) is 4.19. The molecule has 0 fully saturated rings. The molecule has 7 heteroatoms. The lowest BCUT2D eigenvalue weighted by Gasteiger charge is -2.12. The summed E-state index contributed by atoms with van der Waals surface area (Å²) in [4.78, 5) is 24.3. The van der Waals surface area contributed by atoms with E-state index in [2.05, 4.69) is 25.4 Å². The highest BCUT2D eigenvalue weighted by Crippen LogP contribution is 2.10. The maximum atomic E-state index is 12.1. The number of hydrogen-bond donors (Lipinski definition) is 1. The second kappa shape index (κ2) is 5.55. The average Bonchev–Trinajstić information content (AvgIpc) is 2.90. The first kappa shape index (κ1) is 13.1. The average molecular weight is 260 g/mol. The van der Waals surface area contributed by atoms with Gasteiger partial charge in [0.2, 0.25) is 5.91 Å². The Hall–Kier alpha value is -2.31. The van der Waals surface area contributed by atoms with Crippen molar-refractivity contribution in [2.75, 3.05) is 5.32 Å². The lowest BCUT2D eigenvalue weighted by atomic mass is 10.3. The zero-order chi connectivity index (χ0) is 13.8. The number of nitrogens with one attached hydrogen (secondary N) is 1. The van der Waals surface area contributed by atoms with E-state index >= 15 is 0 Å². The third kappa shape index (κ3) is 3.12. The Morgan fingerprint density at radius 3 is 2.89 bits per heavy atom. The summed E-state index contributed by atoms with van der Waals surface area (Å²) in [5.41, 5.74) is 0.899. The zero-order valence-corrected chi connectivity index (χ0v) is 11.2. The Balaban J connectivity index is 2.12. The number of rotatable bonds is 4. The van der Waals surface area contributed by atoms with Crippen molar-refractivity contribution in [3.63, 3.8) is 0 Å². The van der Waals surface area contributed by atoms with Crippen LogP contribution in [-0.4, -0.2) is 30.6 Å². The fraction of sp³-hybridized carbons (Fsp3) is 0.417. The Bertz CT molecular complexity index is 566. The molecule has 0 radical (unpaired) electrons. The molecule has 1 N–H and O–H groups in total. The maximum Gasteiger partial charge on any atom is 0.250 e. The van der Waals surface area contributed by atoms with Crippen molar-refractivity contribution in [3.8, 4) is 0 Å². The molecule has 0 aliphatic heterocycles. The van der Waals surface area contributed by atoms with Crippen molar-refractivity contribution in [2.45, 2.75) is 33.2 Å². The molecule has 2 aromatic heterocycles. The smallest absolute Gasteiger partial charge is 0.250 e. The summed E-state index contributed by atoms with van der Waals surface area (Å²) in [6, 6.07) is 1.33. The van der Waals surface area contributed by atoms with E-state index in [9.17, 15) is 4.79 Å². The zero-order valence-electron chi connectivity index (χ0n) is 11.2. The molecular formula is C12H16N6O. The molecule has 0 bridgehead atoms. The Kier molecular flexibility index (Phi) is 3.84. The lowest BCUT2D eigenvalue weighted by molar-refractivity contribution is -0.119. The third-order valence-electron chi connectivity index (χ3n) is 2.72. The van der Waals surface area contributed by atoms with E-state index in [-0.39, 0.29) is 5.91 Å². The normalized spacial score (nSPS) is 12.2. The first-order valence-electron chi connectivity index (χ1n) is 6.09. The summed E-state index contributed by atoms with van der Waals surface area (Å²) >= 11 is 0. The number of aromatic nitrogens is 5. The van der Waals surface area contributed by atoms with Crippen LogP contribution in [0.15, 0.2) is 18.7 Å². The first-order chi connectivity index (χ1) is 9.10. The highest BCUT2D eigenvalue weighted by molar-refractivity contribution is 5.92. The van der Waals surface area contributed by atoms with Crippen LogP contribution < -0.4 is 5.32 Å². The summed E-state index contributed by atoms with van der Waals surface area (Å²) in [6.45, 7) is 5.56. The van der Waals surface area contributed by atoms with Gasteiger partial charge in [-0.15, -0.1) is 0 Å². The summed E-state index contributed by atoms with van der Waals surface area (Å²) in [7, 11) is 0. The largest absolute Gasteiger partial charge is 0.309 e. The van der Waals surface area contributed by atoms with E-state index in [1.165, 1.54) is 17.3 Å². The van der Waals surface area contributed by atoms with Gasteiger partial charge in [0, 0.05) is 11.8 Å². The van der Waals surface area contributed by atoms with E-state index in [0.29, 0.717) is 11.6 Å². The fourth-order valence-corrected chi connectivity index (χ4v) is 1.64. The van der Waals surface area contributed by atoms with Gasteiger partial charge >= 0.3 is 0 Å². The predicted molar refractivity (Wildman–Crippen MR) is 69.5 cm³/mol. The third-order valence-corrected chi connectivity index (χ3v) is 2.72. The molecule has 2 aromatic rings. The summed E-state index contributed by atoms with van der Waals surface area (Å²) < 4.78 is 1.49. The van der Waals surface area contributed by atoms with Gasteiger partial charge in [0.1, 0.15) is 30.3 Å². The quantitative estimate of drug-likeness (QED) is 0.890. The summed E-state index contributed by atoms with van der Waals surface area (Å²) in [5.74, 6) is 0.968. The van der Waals surface area contributed by atoms with Crippen LogP contribution in [0.1, 0.15) is 31.4 Å². The Morgan fingerprint density at radius 1 is 1.47 bits per heavy atom. The predicted octanol–water partition coefficient (Wildman–Crippen LogP) is 1.14. The molecule has 0 aliphatic carbocycles. The van der Waals surface area contributed by atoms with Gasteiger partial charge in [-0.25, -0.2) is 19.6 Å². The molecule has 0 aromatic carbocycles. The van der Waals surface area contributed by atoms with Gasteiger partial charge in [-0.05, 0) is 20.3 Å². The first-order valence-corrected chi connectivity index (χ1v) is 6.09. The molecule has 1 atom stereocenters. The second-order valence-electron chi connectivity index (χ2n) is 4.19. The topological polar surface area (TPSA) is 85.6 Å². The molecular weight excluding hydrogens is 244 g/mol. The minimum absolute atomic E-state index is 0.189. The number of nitrogens with zero attached hydrogens (tertiary/aromatic N) is 5. The maximum absolute atomic E-state index is 12.1. The van der Waals surface area contributed by atoms with Crippen molar-refractivity contribution in [1.82, 2.24) is 24.7 Å². The monoisotopic (exact) mass is 260 g/mol. The van der Waals surface area contributed by atoms with E-state index < -0.39 is 6.04 Å². The number of amides is 1. The van der Waals surface area contributed by atoms with Crippen molar-refractivity contribution < 1.29 is 4.79 Å². The molecule has 2 rings (SSSR count). The molecule has 1 unspecified atom stereocenters. The lowest BCUT2D eigenvalue weighted by Crippen LogP contribution is -2.24. The number of carbonyl (C=O) groups is 1. The van der Waals surface area contributed by atoms with Crippen LogP contribution in [0.3, 0.4) is 0 Å². The van der Waals surface area contributed by atoms with Gasteiger partial charge in [0.15, 0.2) is 0 Å². The van der Waals surface area contributed by atoms with Crippen LogP contribution in [0.4, 0.5) is 5.82 Å². The van der Waals surface area contributed by atoms with Crippen LogP contribution in [0.25, 0.3) is 0 Å². The molecule has 0 spiro atoms. The molecule has 7 nitrogen and oxygen atoms in total. The van der Waals surface area contributed by atoms with Crippen molar-refractivity contribution in [3.05, 3.63) is 30.2 Å². The SMILES string of the molecule is CCc1cc(NC(=O)C(C)n2cncn2)nc(C)n1. The van der Waals surface area contributed by atoms with Crippen LogP contribution in [-0.2, 0) is 11.2 Å². The molecule has 100 valence electrons. The highest BCUT2D eigenvalue weighted by Gasteiger charge is 2.16. The molecule has 0 saturated heterocycles. The van der Waals surface area contributed by atoms with Crippen LogP contribution in [0, 0.1) is 6.92 Å². The minimum Gasteiger partial charge on any atom is -0.309 e. The molecule has 0 aliphatic rings. The van der Waals surface area contributed by atoms with E-state index in [4.69, 9.17) is 0 Å². The van der Waals surface area contributed by atoms with Gasteiger partial charge in [0.05, 0.1) is 0 Å². The van der Waals surface area contributed by atoms with Crippen LogP contribution in [0.5, 0.6) is 0 Å². The highest BCUT2D eigenvalue weighted by atomic mass is 16.2. The van der Waals surface area contributed by atoms with Gasteiger partial charge in [0.25, 0.3) is 0 Å². The van der Waals surface area contributed by atoms with Crippen molar-refractivity contribution >= 4 is 11.7 Å².